The second kappa shape index (κ2) is 7.79. The molecular formula is C16H18FN3OS2. The summed E-state index contributed by atoms with van der Waals surface area (Å²) in [4.78, 5) is 19.5. The smallest absolute Gasteiger partial charge is 0.230 e. The second-order valence-electron chi connectivity index (χ2n) is 5.35. The van der Waals surface area contributed by atoms with Gasteiger partial charge in [-0.05, 0) is 37.1 Å². The highest BCUT2D eigenvalue weighted by atomic mass is 32.2. The molecule has 3 rings (SSSR count). The number of amides is 1. The number of benzene rings is 1. The van der Waals surface area contributed by atoms with Gasteiger partial charge in [0.15, 0.2) is 5.13 Å². The van der Waals surface area contributed by atoms with Crippen molar-refractivity contribution in [1.29, 1.82) is 0 Å². The van der Waals surface area contributed by atoms with Crippen LogP contribution in [0.2, 0.25) is 0 Å². The highest BCUT2D eigenvalue weighted by molar-refractivity contribution is 8.00. The molecule has 2 aromatic rings. The van der Waals surface area contributed by atoms with E-state index in [-0.39, 0.29) is 11.7 Å². The van der Waals surface area contributed by atoms with Gasteiger partial charge in [-0.25, -0.2) is 9.37 Å². The highest BCUT2D eigenvalue weighted by Gasteiger charge is 2.26. The third-order valence-electron chi connectivity index (χ3n) is 3.76. The number of anilines is 1. The monoisotopic (exact) mass is 351 g/mol. The van der Waals surface area contributed by atoms with Crippen LogP contribution in [0, 0.1) is 5.82 Å². The van der Waals surface area contributed by atoms with E-state index in [0.29, 0.717) is 18.3 Å². The molecule has 1 aliphatic heterocycles. The summed E-state index contributed by atoms with van der Waals surface area (Å²) in [5, 5.41) is 6.00. The fraction of sp³-hybridized carbons (Fsp3) is 0.375. The molecule has 23 heavy (non-hydrogen) atoms. The van der Waals surface area contributed by atoms with E-state index in [4.69, 9.17) is 0 Å². The SMILES string of the molecule is O=C(CSc1ccc(F)cc1)NCC1CCCN1c1nccs1. The lowest BCUT2D eigenvalue weighted by atomic mass is 10.2. The van der Waals surface area contributed by atoms with E-state index in [2.05, 4.69) is 15.2 Å². The molecule has 0 radical (unpaired) electrons. The number of hydrogen-bond acceptors (Lipinski definition) is 5. The first-order valence-electron chi connectivity index (χ1n) is 7.53. The van der Waals surface area contributed by atoms with Gasteiger partial charge in [-0.3, -0.25) is 4.79 Å². The summed E-state index contributed by atoms with van der Waals surface area (Å²) in [6, 6.07) is 6.51. The van der Waals surface area contributed by atoms with Crippen molar-refractivity contribution < 1.29 is 9.18 Å². The zero-order valence-corrected chi connectivity index (χ0v) is 14.2. The van der Waals surface area contributed by atoms with Crippen LogP contribution >= 0.6 is 23.1 Å². The maximum Gasteiger partial charge on any atom is 0.230 e. The topological polar surface area (TPSA) is 45.2 Å². The summed E-state index contributed by atoms with van der Waals surface area (Å²) >= 11 is 3.05. The van der Waals surface area contributed by atoms with Crippen molar-refractivity contribution >= 4 is 34.1 Å². The number of hydrogen-bond donors (Lipinski definition) is 1. The normalized spacial score (nSPS) is 17.4. The van der Waals surface area contributed by atoms with Crippen molar-refractivity contribution in [3.63, 3.8) is 0 Å². The summed E-state index contributed by atoms with van der Waals surface area (Å²) in [7, 11) is 0. The molecule has 1 aliphatic rings. The largest absolute Gasteiger partial charge is 0.353 e. The van der Waals surface area contributed by atoms with Crippen LogP contribution in [0.25, 0.3) is 0 Å². The summed E-state index contributed by atoms with van der Waals surface area (Å²) in [6.07, 6.45) is 4.02. The molecule has 0 spiro atoms. The van der Waals surface area contributed by atoms with E-state index >= 15 is 0 Å². The van der Waals surface area contributed by atoms with Crippen molar-refractivity contribution in [1.82, 2.24) is 10.3 Å². The van der Waals surface area contributed by atoms with Crippen LogP contribution in [0.4, 0.5) is 9.52 Å². The number of thioether (sulfide) groups is 1. The molecule has 1 N–H and O–H groups in total. The Hall–Kier alpha value is -1.60. The van der Waals surface area contributed by atoms with Crippen LogP contribution in [-0.2, 0) is 4.79 Å². The van der Waals surface area contributed by atoms with Gasteiger partial charge in [0.05, 0.1) is 5.75 Å². The average molecular weight is 351 g/mol. The minimum atomic E-state index is -0.262. The van der Waals surface area contributed by atoms with E-state index in [1.807, 2.05) is 11.6 Å². The van der Waals surface area contributed by atoms with Crippen LogP contribution in [0.3, 0.4) is 0 Å². The van der Waals surface area contributed by atoms with Crippen LogP contribution in [0.5, 0.6) is 0 Å². The molecule has 7 heteroatoms. The average Bonchev–Trinajstić information content (AvgIpc) is 3.23. The Morgan fingerprint density at radius 1 is 1.43 bits per heavy atom. The fourth-order valence-electron chi connectivity index (χ4n) is 2.62. The molecule has 1 aromatic heterocycles. The number of carbonyl (C=O) groups excluding carboxylic acids is 1. The third-order valence-corrected chi connectivity index (χ3v) is 5.58. The lowest BCUT2D eigenvalue weighted by Gasteiger charge is -2.24. The van der Waals surface area contributed by atoms with Crippen LogP contribution in [-0.4, -0.2) is 35.8 Å². The van der Waals surface area contributed by atoms with E-state index < -0.39 is 0 Å². The lowest BCUT2D eigenvalue weighted by Crippen LogP contribution is -2.40. The first-order valence-corrected chi connectivity index (χ1v) is 9.40. The van der Waals surface area contributed by atoms with Crippen molar-refractivity contribution in [2.45, 2.75) is 23.8 Å². The van der Waals surface area contributed by atoms with Gasteiger partial charge in [-0.15, -0.1) is 23.1 Å². The van der Waals surface area contributed by atoms with Gasteiger partial charge in [-0.2, -0.15) is 0 Å². The number of nitrogens with zero attached hydrogens (tertiary/aromatic N) is 2. The van der Waals surface area contributed by atoms with Gasteiger partial charge < -0.3 is 10.2 Å². The Balaban J connectivity index is 1.44. The third kappa shape index (κ3) is 4.45. The van der Waals surface area contributed by atoms with Gasteiger partial charge in [0.25, 0.3) is 0 Å². The molecule has 1 amide bonds. The van der Waals surface area contributed by atoms with E-state index in [1.165, 1.54) is 23.9 Å². The van der Waals surface area contributed by atoms with Gasteiger partial charge in [-0.1, -0.05) is 0 Å². The molecule has 0 bridgehead atoms. The molecule has 4 nitrogen and oxygen atoms in total. The van der Waals surface area contributed by atoms with Gasteiger partial charge >= 0.3 is 0 Å². The number of nitrogens with one attached hydrogen (secondary N) is 1. The maximum absolute atomic E-state index is 12.8. The summed E-state index contributed by atoms with van der Waals surface area (Å²) < 4.78 is 12.8. The molecule has 2 heterocycles. The molecule has 1 atom stereocenters. The highest BCUT2D eigenvalue weighted by Crippen LogP contribution is 2.26. The first-order chi connectivity index (χ1) is 11.2. The fourth-order valence-corrected chi connectivity index (χ4v) is 4.09. The zero-order chi connectivity index (χ0) is 16.1. The predicted molar refractivity (Wildman–Crippen MR) is 92.6 cm³/mol. The van der Waals surface area contributed by atoms with Gasteiger partial charge in [0.1, 0.15) is 5.82 Å². The van der Waals surface area contributed by atoms with Gasteiger partial charge in [0, 0.05) is 35.6 Å². The molecule has 1 unspecified atom stereocenters. The Morgan fingerprint density at radius 3 is 3.00 bits per heavy atom. The van der Waals surface area contributed by atoms with E-state index in [0.717, 1.165) is 29.4 Å². The number of aromatic nitrogens is 1. The van der Waals surface area contributed by atoms with Crippen LogP contribution < -0.4 is 10.2 Å². The minimum absolute atomic E-state index is 0.00492. The molecule has 1 fully saturated rings. The quantitative estimate of drug-likeness (QED) is 0.812. The summed E-state index contributed by atoms with van der Waals surface area (Å²) in [6.45, 7) is 1.64. The van der Waals surface area contributed by atoms with Crippen molar-refractivity contribution in [2.24, 2.45) is 0 Å². The second-order valence-corrected chi connectivity index (χ2v) is 7.27. The first kappa shape index (κ1) is 16.3. The Morgan fingerprint density at radius 2 is 2.26 bits per heavy atom. The number of halogens is 1. The maximum atomic E-state index is 12.8. The lowest BCUT2D eigenvalue weighted by molar-refractivity contribution is -0.118. The standard InChI is InChI=1S/C16H18FN3OS2/c17-12-3-5-14(6-4-12)23-11-15(21)19-10-13-2-1-8-20(13)16-18-7-9-22-16/h3-7,9,13H,1-2,8,10-11H2,(H,19,21). The van der Waals surface area contributed by atoms with Crippen LogP contribution in [0.15, 0.2) is 40.7 Å². The Kier molecular flexibility index (Phi) is 5.51. The molecular weight excluding hydrogens is 333 g/mol. The van der Waals surface area contributed by atoms with Gasteiger partial charge in [0.2, 0.25) is 5.91 Å². The molecule has 0 saturated carbocycles. The molecule has 0 aliphatic carbocycles. The minimum Gasteiger partial charge on any atom is -0.353 e. The predicted octanol–water partition coefficient (Wildman–Crippen LogP) is 3.16. The summed E-state index contributed by atoms with van der Waals surface area (Å²) in [5.74, 6) is 0.0860. The van der Waals surface area contributed by atoms with E-state index in [1.54, 1.807) is 23.5 Å². The van der Waals surface area contributed by atoms with E-state index in [9.17, 15) is 9.18 Å². The Labute approximate surface area is 143 Å². The zero-order valence-electron chi connectivity index (χ0n) is 12.6. The molecule has 1 aromatic carbocycles. The number of carbonyl (C=O) groups is 1. The van der Waals surface area contributed by atoms with Crippen molar-refractivity contribution in [3.05, 3.63) is 41.7 Å². The Bertz CT molecular complexity index is 633. The molecule has 122 valence electrons. The van der Waals surface area contributed by atoms with Crippen molar-refractivity contribution in [2.75, 3.05) is 23.7 Å². The molecule has 1 saturated heterocycles. The summed E-state index contributed by atoms with van der Waals surface area (Å²) in [5.41, 5.74) is 0. The number of thiazole rings is 1. The van der Waals surface area contributed by atoms with Crippen LogP contribution in [0.1, 0.15) is 12.8 Å². The number of rotatable bonds is 6. The van der Waals surface area contributed by atoms with Crippen molar-refractivity contribution in [3.8, 4) is 0 Å².